The lowest BCUT2D eigenvalue weighted by atomic mass is 10.1. The molecule has 0 bridgehead atoms. The maximum atomic E-state index is 11.2. The SMILES string of the molecule is NC(=O)c1cccc(COc2cccc(-c3ccccc3)c2)c1. The highest BCUT2D eigenvalue weighted by atomic mass is 16.5. The van der Waals surface area contributed by atoms with Crippen LogP contribution < -0.4 is 10.5 Å². The topological polar surface area (TPSA) is 52.3 Å². The van der Waals surface area contributed by atoms with Crippen molar-refractivity contribution in [2.75, 3.05) is 0 Å². The minimum Gasteiger partial charge on any atom is -0.489 e. The summed E-state index contributed by atoms with van der Waals surface area (Å²) in [5.74, 6) is 0.355. The van der Waals surface area contributed by atoms with Gasteiger partial charge in [0.25, 0.3) is 0 Å². The van der Waals surface area contributed by atoms with Crippen LogP contribution in [0.25, 0.3) is 11.1 Å². The zero-order valence-electron chi connectivity index (χ0n) is 12.6. The monoisotopic (exact) mass is 303 g/mol. The molecule has 0 heterocycles. The Labute approximate surface area is 135 Å². The number of carbonyl (C=O) groups excluding carboxylic acids is 1. The van der Waals surface area contributed by atoms with E-state index in [4.69, 9.17) is 10.5 Å². The van der Waals surface area contributed by atoms with E-state index in [1.54, 1.807) is 18.2 Å². The average molecular weight is 303 g/mol. The third-order valence-electron chi connectivity index (χ3n) is 3.56. The standard InChI is InChI=1S/C20H17NO2/c21-20(22)18-10-4-6-15(12-18)14-23-19-11-5-9-17(13-19)16-7-2-1-3-8-16/h1-13H,14H2,(H2,21,22). The van der Waals surface area contributed by atoms with Gasteiger partial charge in [0.05, 0.1) is 0 Å². The first-order valence-corrected chi connectivity index (χ1v) is 7.39. The van der Waals surface area contributed by atoms with Gasteiger partial charge in [0.15, 0.2) is 0 Å². The highest BCUT2D eigenvalue weighted by Gasteiger charge is 2.03. The molecule has 3 aromatic rings. The number of hydrogen-bond donors (Lipinski definition) is 1. The van der Waals surface area contributed by atoms with Crippen LogP contribution in [0.2, 0.25) is 0 Å². The van der Waals surface area contributed by atoms with Gasteiger partial charge in [0.1, 0.15) is 12.4 Å². The summed E-state index contributed by atoms with van der Waals surface area (Å²) in [5, 5.41) is 0. The summed E-state index contributed by atoms with van der Waals surface area (Å²) in [4.78, 5) is 11.2. The van der Waals surface area contributed by atoms with Crippen LogP contribution in [0.3, 0.4) is 0 Å². The highest BCUT2D eigenvalue weighted by Crippen LogP contribution is 2.24. The van der Waals surface area contributed by atoms with Gasteiger partial charge in [-0.3, -0.25) is 4.79 Å². The molecule has 1 amide bonds. The molecule has 0 atom stereocenters. The first kappa shape index (κ1) is 14.9. The summed E-state index contributed by atoms with van der Waals surface area (Å²) >= 11 is 0. The molecular weight excluding hydrogens is 286 g/mol. The van der Waals surface area contributed by atoms with Crippen molar-refractivity contribution in [3.63, 3.8) is 0 Å². The minimum atomic E-state index is -0.432. The lowest BCUT2D eigenvalue weighted by Crippen LogP contribution is -2.11. The first-order valence-electron chi connectivity index (χ1n) is 7.39. The average Bonchev–Trinajstić information content (AvgIpc) is 2.61. The van der Waals surface area contributed by atoms with Crippen molar-refractivity contribution in [1.82, 2.24) is 0 Å². The molecule has 3 aromatic carbocycles. The van der Waals surface area contributed by atoms with Gasteiger partial charge in [-0.05, 0) is 41.0 Å². The van der Waals surface area contributed by atoms with Gasteiger partial charge in [0.2, 0.25) is 5.91 Å². The molecule has 0 spiro atoms. The molecule has 23 heavy (non-hydrogen) atoms. The van der Waals surface area contributed by atoms with Gasteiger partial charge in [-0.2, -0.15) is 0 Å². The maximum absolute atomic E-state index is 11.2. The molecule has 0 aliphatic carbocycles. The fraction of sp³-hybridized carbons (Fsp3) is 0.0500. The zero-order chi connectivity index (χ0) is 16.1. The lowest BCUT2D eigenvalue weighted by molar-refractivity contribution is 0.1000. The number of primary amides is 1. The van der Waals surface area contributed by atoms with Crippen LogP contribution in [0.15, 0.2) is 78.9 Å². The van der Waals surface area contributed by atoms with E-state index < -0.39 is 5.91 Å². The lowest BCUT2D eigenvalue weighted by Gasteiger charge is -2.09. The van der Waals surface area contributed by atoms with Gasteiger partial charge in [-0.1, -0.05) is 54.6 Å². The number of rotatable bonds is 5. The fourth-order valence-electron chi connectivity index (χ4n) is 2.38. The predicted molar refractivity (Wildman–Crippen MR) is 91.2 cm³/mol. The molecule has 0 aliphatic rings. The van der Waals surface area contributed by atoms with E-state index in [-0.39, 0.29) is 0 Å². The maximum Gasteiger partial charge on any atom is 0.248 e. The molecule has 3 rings (SSSR count). The van der Waals surface area contributed by atoms with E-state index in [9.17, 15) is 4.79 Å². The van der Waals surface area contributed by atoms with Gasteiger partial charge in [-0.25, -0.2) is 0 Å². The van der Waals surface area contributed by atoms with Crippen LogP contribution in [0, 0.1) is 0 Å². The van der Waals surface area contributed by atoms with Crippen LogP contribution >= 0.6 is 0 Å². The normalized spacial score (nSPS) is 10.3. The van der Waals surface area contributed by atoms with Gasteiger partial charge in [-0.15, -0.1) is 0 Å². The molecular formula is C20H17NO2. The van der Waals surface area contributed by atoms with Crippen molar-refractivity contribution in [2.24, 2.45) is 5.73 Å². The summed E-state index contributed by atoms with van der Waals surface area (Å²) in [6.45, 7) is 0.388. The van der Waals surface area contributed by atoms with Crippen LogP contribution in [-0.2, 0) is 6.61 Å². The molecule has 2 N–H and O–H groups in total. The number of nitrogens with two attached hydrogens (primary N) is 1. The minimum absolute atomic E-state index is 0.388. The van der Waals surface area contributed by atoms with Crippen molar-refractivity contribution in [3.8, 4) is 16.9 Å². The van der Waals surface area contributed by atoms with Crippen molar-refractivity contribution >= 4 is 5.91 Å². The third kappa shape index (κ3) is 3.77. The summed E-state index contributed by atoms with van der Waals surface area (Å²) in [5.41, 5.74) is 8.95. The van der Waals surface area contributed by atoms with Crippen LogP contribution in [0.4, 0.5) is 0 Å². The van der Waals surface area contributed by atoms with Crippen molar-refractivity contribution in [2.45, 2.75) is 6.61 Å². The van der Waals surface area contributed by atoms with E-state index in [1.807, 2.05) is 42.5 Å². The highest BCUT2D eigenvalue weighted by molar-refractivity contribution is 5.92. The van der Waals surface area contributed by atoms with E-state index in [0.717, 1.165) is 22.4 Å². The van der Waals surface area contributed by atoms with Crippen LogP contribution in [0.1, 0.15) is 15.9 Å². The molecule has 3 heteroatoms. The smallest absolute Gasteiger partial charge is 0.248 e. The van der Waals surface area contributed by atoms with E-state index >= 15 is 0 Å². The Morgan fingerprint density at radius 3 is 2.35 bits per heavy atom. The van der Waals surface area contributed by atoms with E-state index in [0.29, 0.717) is 12.2 Å². The second kappa shape index (κ2) is 6.79. The number of hydrogen-bond acceptors (Lipinski definition) is 2. The third-order valence-corrected chi connectivity index (χ3v) is 3.56. The van der Waals surface area contributed by atoms with Gasteiger partial charge in [0, 0.05) is 5.56 Å². The zero-order valence-corrected chi connectivity index (χ0v) is 12.6. The summed E-state index contributed by atoms with van der Waals surface area (Å²) in [7, 11) is 0. The Bertz CT molecular complexity index is 813. The Kier molecular flexibility index (Phi) is 4.39. The largest absolute Gasteiger partial charge is 0.489 e. The molecule has 0 fully saturated rings. The number of carbonyl (C=O) groups is 1. The molecule has 0 saturated heterocycles. The van der Waals surface area contributed by atoms with E-state index in [2.05, 4.69) is 18.2 Å². The van der Waals surface area contributed by atoms with Crippen LogP contribution in [-0.4, -0.2) is 5.91 Å². The molecule has 3 nitrogen and oxygen atoms in total. The quantitative estimate of drug-likeness (QED) is 0.773. The number of benzene rings is 3. The first-order chi connectivity index (χ1) is 11.2. The second-order valence-electron chi connectivity index (χ2n) is 5.25. The van der Waals surface area contributed by atoms with Crippen molar-refractivity contribution in [1.29, 1.82) is 0 Å². The predicted octanol–water partition coefficient (Wildman–Crippen LogP) is 4.03. The molecule has 0 aromatic heterocycles. The van der Waals surface area contributed by atoms with Gasteiger partial charge >= 0.3 is 0 Å². The molecule has 114 valence electrons. The summed E-state index contributed by atoms with van der Waals surface area (Å²) in [6, 6.07) is 25.3. The van der Waals surface area contributed by atoms with Crippen LogP contribution in [0.5, 0.6) is 5.75 Å². The Balaban J connectivity index is 1.74. The second-order valence-corrected chi connectivity index (χ2v) is 5.25. The van der Waals surface area contributed by atoms with Gasteiger partial charge < -0.3 is 10.5 Å². The summed E-state index contributed by atoms with van der Waals surface area (Å²) < 4.78 is 5.84. The van der Waals surface area contributed by atoms with E-state index in [1.165, 1.54) is 0 Å². The molecule has 0 radical (unpaired) electrons. The Hall–Kier alpha value is -3.07. The van der Waals surface area contributed by atoms with Crippen molar-refractivity contribution < 1.29 is 9.53 Å². The fourth-order valence-corrected chi connectivity index (χ4v) is 2.38. The molecule has 0 unspecified atom stereocenters. The molecule has 0 saturated carbocycles. The number of amides is 1. The Morgan fingerprint density at radius 2 is 1.57 bits per heavy atom. The van der Waals surface area contributed by atoms with Crippen molar-refractivity contribution in [3.05, 3.63) is 90.0 Å². The number of ether oxygens (including phenoxy) is 1. The summed E-state index contributed by atoms with van der Waals surface area (Å²) in [6.07, 6.45) is 0. The Morgan fingerprint density at radius 1 is 0.826 bits per heavy atom. The molecule has 0 aliphatic heterocycles.